The Balaban J connectivity index is 1.96. The van der Waals surface area contributed by atoms with Crippen molar-refractivity contribution in [2.75, 3.05) is 13.1 Å². The third kappa shape index (κ3) is 6.47. The van der Waals surface area contributed by atoms with E-state index < -0.39 is 11.6 Å². The quantitative estimate of drug-likeness (QED) is 0.642. The number of rotatable bonds is 9. The molecule has 3 atom stereocenters. The summed E-state index contributed by atoms with van der Waals surface area (Å²) in [5.74, 6) is 0.446. The van der Waals surface area contributed by atoms with E-state index in [2.05, 4.69) is 30.1 Å². The molecule has 154 valence electrons. The first-order valence-electron chi connectivity index (χ1n) is 11.3. The monoisotopic (exact) mass is 376 g/mol. The fourth-order valence-corrected chi connectivity index (χ4v) is 4.92. The number of piperidine rings is 1. The van der Waals surface area contributed by atoms with Crippen LogP contribution in [0.15, 0.2) is 0 Å². The van der Waals surface area contributed by atoms with Crippen LogP contribution in [0, 0.1) is 17.2 Å². The molecule has 3 N–H and O–H groups in total. The molecule has 5 heteroatoms. The normalized spacial score (nSPS) is 28.4. The molecule has 1 amide bonds. The van der Waals surface area contributed by atoms with Crippen LogP contribution < -0.4 is 11.1 Å². The molecule has 0 bridgehead atoms. The van der Waals surface area contributed by atoms with Gasteiger partial charge in [0.15, 0.2) is 0 Å². The van der Waals surface area contributed by atoms with Crippen LogP contribution in [-0.4, -0.2) is 41.5 Å². The lowest BCUT2D eigenvalue weighted by atomic mass is 9.81. The molecule has 0 radical (unpaired) electrons. The van der Waals surface area contributed by atoms with Gasteiger partial charge in [0.05, 0.1) is 12.1 Å². The summed E-state index contributed by atoms with van der Waals surface area (Å²) in [7, 11) is 0. The molecule has 2 fully saturated rings. The third-order valence-electron chi connectivity index (χ3n) is 6.55. The smallest absolute Gasteiger partial charge is 0.238 e. The van der Waals surface area contributed by atoms with E-state index in [4.69, 9.17) is 5.73 Å². The molecular weight excluding hydrogens is 336 g/mol. The average Bonchev–Trinajstić information content (AvgIpc) is 2.69. The number of carbonyl (C=O) groups excluding carboxylic acids is 1. The lowest BCUT2D eigenvalue weighted by molar-refractivity contribution is -0.125. The molecular formula is C22H40N4O. The molecule has 0 aromatic heterocycles. The van der Waals surface area contributed by atoms with Crippen LogP contribution in [0.4, 0.5) is 0 Å². The second-order valence-corrected chi connectivity index (χ2v) is 8.82. The molecule has 1 heterocycles. The van der Waals surface area contributed by atoms with Crippen molar-refractivity contribution in [3.8, 4) is 6.07 Å². The third-order valence-corrected chi connectivity index (χ3v) is 6.55. The number of hydrogen-bond acceptors (Lipinski definition) is 4. The number of amides is 1. The van der Waals surface area contributed by atoms with E-state index in [-0.39, 0.29) is 5.91 Å². The predicted molar refractivity (Wildman–Crippen MR) is 110 cm³/mol. The zero-order valence-corrected chi connectivity index (χ0v) is 17.5. The Labute approximate surface area is 166 Å². The van der Waals surface area contributed by atoms with Gasteiger partial charge in [-0.2, -0.15) is 5.26 Å². The van der Waals surface area contributed by atoms with E-state index in [0.717, 1.165) is 45.2 Å². The van der Waals surface area contributed by atoms with Gasteiger partial charge < -0.3 is 16.0 Å². The summed E-state index contributed by atoms with van der Waals surface area (Å²) >= 11 is 0. The number of hydrogen-bond donors (Lipinski definition) is 2. The second kappa shape index (κ2) is 11.0. The first-order valence-corrected chi connectivity index (χ1v) is 11.3. The van der Waals surface area contributed by atoms with Gasteiger partial charge in [-0.3, -0.25) is 4.79 Å². The molecule has 5 nitrogen and oxygen atoms in total. The minimum absolute atomic E-state index is 0.125. The lowest BCUT2D eigenvalue weighted by Crippen LogP contribution is -2.60. The Morgan fingerprint density at radius 1 is 1.30 bits per heavy atom. The van der Waals surface area contributed by atoms with Gasteiger partial charge in [0.1, 0.15) is 5.54 Å². The summed E-state index contributed by atoms with van der Waals surface area (Å²) in [6, 6.07) is 2.36. The Hall–Kier alpha value is -1.12. The molecule has 0 aromatic carbocycles. The van der Waals surface area contributed by atoms with E-state index in [1.807, 2.05) is 0 Å². The van der Waals surface area contributed by atoms with Crippen LogP contribution in [0.5, 0.6) is 0 Å². The van der Waals surface area contributed by atoms with Crippen molar-refractivity contribution in [1.29, 1.82) is 5.26 Å². The van der Waals surface area contributed by atoms with Gasteiger partial charge in [-0.15, -0.1) is 0 Å². The Morgan fingerprint density at radius 2 is 2.04 bits per heavy atom. The van der Waals surface area contributed by atoms with Gasteiger partial charge in [-0.05, 0) is 44.6 Å². The van der Waals surface area contributed by atoms with Crippen LogP contribution >= 0.6 is 0 Å². The zero-order chi connectivity index (χ0) is 19.7. The number of nitriles is 1. The van der Waals surface area contributed by atoms with E-state index >= 15 is 0 Å². The first kappa shape index (κ1) is 22.2. The van der Waals surface area contributed by atoms with Crippen molar-refractivity contribution in [2.24, 2.45) is 11.7 Å². The van der Waals surface area contributed by atoms with Crippen molar-refractivity contribution >= 4 is 5.91 Å². The molecule has 1 aliphatic heterocycles. The van der Waals surface area contributed by atoms with Gasteiger partial charge in [0.25, 0.3) is 0 Å². The summed E-state index contributed by atoms with van der Waals surface area (Å²) in [6.45, 7) is 6.37. The average molecular weight is 377 g/mol. The SMILES string of the molecule is CCCCC1CC(C#N)(NC(=O)C(N)CC2CCCCC2)CCN1CCC. The maximum atomic E-state index is 12.8. The maximum Gasteiger partial charge on any atom is 0.238 e. The van der Waals surface area contributed by atoms with Gasteiger partial charge in [-0.1, -0.05) is 58.8 Å². The highest BCUT2D eigenvalue weighted by Crippen LogP contribution is 2.31. The van der Waals surface area contributed by atoms with Crippen molar-refractivity contribution in [2.45, 2.75) is 109 Å². The van der Waals surface area contributed by atoms with E-state index in [1.54, 1.807) is 0 Å². The second-order valence-electron chi connectivity index (χ2n) is 8.82. The van der Waals surface area contributed by atoms with Crippen LogP contribution in [0.3, 0.4) is 0 Å². The van der Waals surface area contributed by atoms with E-state index in [9.17, 15) is 10.1 Å². The summed E-state index contributed by atoms with van der Waals surface area (Å²) < 4.78 is 0. The van der Waals surface area contributed by atoms with Gasteiger partial charge in [0, 0.05) is 12.6 Å². The summed E-state index contributed by atoms with van der Waals surface area (Å²) in [5.41, 5.74) is 5.49. The molecule has 1 saturated heterocycles. The largest absolute Gasteiger partial charge is 0.336 e. The molecule has 0 aromatic rings. The minimum Gasteiger partial charge on any atom is -0.336 e. The number of nitrogens with zero attached hydrogens (tertiary/aromatic N) is 2. The van der Waals surface area contributed by atoms with Crippen LogP contribution in [0.2, 0.25) is 0 Å². The topological polar surface area (TPSA) is 82.1 Å². The van der Waals surface area contributed by atoms with Crippen molar-refractivity contribution < 1.29 is 4.79 Å². The van der Waals surface area contributed by atoms with E-state index in [1.165, 1.54) is 38.5 Å². The number of carbonyl (C=O) groups is 1. The Kier molecular flexibility index (Phi) is 9.05. The highest BCUT2D eigenvalue weighted by Gasteiger charge is 2.41. The zero-order valence-electron chi connectivity index (χ0n) is 17.5. The van der Waals surface area contributed by atoms with Gasteiger partial charge >= 0.3 is 0 Å². The van der Waals surface area contributed by atoms with Gasteiger partial charge in [0.2, 0.25) is 5.91 Å². The number of nitrogens with two attached hydrogens (primary N) is 1. The number of likely N-dealkylation sites (tertiary alicyclic amines) is 1. The Bertz CT molecular complexity index is 497. The molecule has 3 unspecified atom stereocenters. The van der Waals surface area contributed by atoms with Crippen molar-refractivity contribution in [3.05, 3.63) is 0 Å². The first-order chi connectivity index (χ1) is 13.0. The molecule has 0 spiro atoms. The summed E-state index contributed by atoms with van der Waals surface area (Å²) in [4.78, 5) is 15.3. The fourth-order valence-electron chi connectivity index (χ4n) is 4.92. The molecule has 2 rings (SSSR count). The minimum atomic E-state index is -0.746. The highest BCUT2D eigenvalue weighted by molar-refractivity contribution is 5.82. The Morgan fingerprint density at radius 3 is 2.67 bits per heavy atom. The molecule has 1 saturated carbocycles. The van der Waals surface area contributed by atoms with Crippen LogP contribution in [-0.2, 0) is 4.79 Å². The molecule has 27 heavy (non-hydrogen) atoms. The number of nitrogens with one attached hydrogen (secondary N) is 1. The number of unbranched alkanes of at least 4 members (excludes halogenated alkanes) is 1. The highest BCUT2D eigenvalue weighted by atomic mass is 16.2. The standard InChI is InChI=1S/C22H40N4O/c1-3-5-11-19-16-22(17-23,12-14-26(19)13-4-2)25-21(27)20(24)15-18-9-7-6-8-10-18/h18-20H,3-16,24H2,1-2H3,(H,25,27). The summed E-state index contributed by atoms with van der Waals surface area (Å²) in [5, 5.41) is 13.0. The van der Waals surface area contributed by atoms with E-state index in [0.29, 0.717) is 18.4 Å². The summed E-state index contributed by atoms with van der Waals surface area (Å²) in [6.07, 6.45) is 12.9. The fraction of sp³-hybridized carbons (Fsp3) is 0.909. The maximum absolute atomic E-state index is 12.8. The predicted octanol–water partition coefficient (Wildman–Crippen LogP) is 3.73. The van der Waals surface area contributed by atoms with Crippen molar-refractivity contribution in [3.63, 3.8) is 0 Å². The molecule has 1 aliphatic carbocycles. The van der Waals surface area contributed by atoms with Gasteiger partial charge in [-0.25, -0.2) is 0 Å². The van der Waals surface area contributed by atoms with Crippen LogP contribution in [0.25, 0.3) is 0 Å². The van der Waals surface area contributed by atoms with Crippen molar-refractivity contribution in [1.82, 2.24) is 10.2 Å². The molecule has 2 aliphatic rings. The van der Waals surface area contributed by atoms with Crippen LogP contribution in [0.1, 0.15) is 90.9 Å². The lowest BCUT2D eigenvalue weighted by Gasteiger charge is -2.44.